The number of aliphatic carboxylic acids is 1. The summed E-state index contributed by atoms with van der Waals surface area (Å²) in [4.78, 5) is 50.6. The molecule has 2 aliphatic rings. The maximum absolute atomic E-state index is 12.9. The van der Waals surface area contributed by atoms with Crippen LogP contribution in [0, 0.1) is 0 Å². The van der Waals surface area contributed by atoms with E-state index in [1.165, 1.54) is 11.3 Å². The Labute approximate surface area is 282 Å². The Morgan fingerprint density at radius 3 is 2.17 bits per heavy atom. The van der Waals surface area contributed by atoms with E-state index in [2.05, 4.69) is 12.2 Å². The van der Waals surface area contributed by atoms with Crippen molar-refractivity contribution in [3.8, 4) is 23.0 Å². The summed E-state index contributed by atoms with van der Waals surface area (Å²) in [5, 5.41) is 9.69. The first-order valence-electron chi connectivity index (χ1n) is 15.8. The molecule has 1 aliphatic heterocycles. The van der Waals surface area contributed by atoms with Gasteiger partial charge in [-0.15, -0.1) is 11.3 Å². The summed E-state index contributed by atoms with van der Waals surface area (Å²) in [6, 6.07) is 9.15. The molecule has 11 nitrogen and oxygen atoms in total. The first kappa shape index (κ1) is 34.5. The summed E-state index contributed by atoms with van der Waals surface area (Å²) in [7, 11) is 3.11. The Morgan fingerprint density at radius 2 is 1.50 bits per heavy atom. The van der Waals surface area contributed by atoms with Gasteiger partial charge < -0.3 is 33.7 Å². The Kier molecular flexibility index (Phi) is 11.7. The molecule has 0 unspecified atom stereocenters. The smallest absolute Gasteiger partial charge is 0.306 e. The Bertz CT molecular complexity index is 1740. The fourth-order valence-electron chi connectivity index (χ4n) is 5.46. The highest BCUT2D eigenvalue weighted by atomic mass is 32.1. The monoisotopic (exact) mass is 677 g/mol. The number of benzene rings is 2. The second kappa shape index (κ2) is 16.3. The van der Waals surface area contributed by atoms with Crippen LogP contribution in [0.2, 0.25) is 0 Å². The molecular formula is C36H39NO10S. The van der Waals surface area contributed by atoms with E-state index in [4.69, 9.17) is 28.8 Å². The lowest BCUT2D eigenvalue weighted by Gasteiger charge is -2.15. The van der Waals surface area contributed by atoms with Crippen molar-refractivity contribution in [1.82, 2.24) is 4.90 Å². The summed E-state index contributed by atoms with van der Waals surface area (Å²) in [6.45, 7) is 1.76. The number of methoxy groups -OCH3 is 2. The van der Waals surface area contributed by atoms with Gasteiger partial charge in [0.15, 0.2) is 28.8 Å². The van der Waals surface area contributed by atoms with E-state index in [1.807, 2.05) is 30.3 Å². The van der Waals surface area contributed by atoms with Gasteiger partial charge in [-0.25, -0.2) is 0 Å². The molecule has 254 valence electrons. The van der Waals surface area contributed by atoms with Crippen molar-refractivity contribution in [2.75, 3.05) is 34.0 Å². The molecule has 5 rings (SSSR count). The number of Topliss-reactive ketones (excluding diaryl/α,β-unsaturated/α-hetero) is 1. The van der Waals surface area contributed by atoms with Gasteiger partial charge in [0.1, 0.15) is 6.61 Å². The van der Waals surface area contributed by atoms with Crippen molar-refractivity contribution in [3.63, 3.8) is 0 Å². The number of allylic oxidation sites excluding steroid dienone is 2. The summed E-state index contributed by atoms with van der Waals surface area (Å²) in [6.07, 6.45) is 8.43. The summed E-state index contributed by atoms with van der Waals surface area (Å²) >= 11 is 1.29. The minimum atomic E-state index is -1.01. The lowest BCUT2D eigenvalue weighted by atomic mass is 10.1. The van der Waals surface area contributed by atoms with Crippen molar-refractivity contribution in [1.29, 1.82) is 0 Å². The SMILES string of the molecule is COc1cc2c(cc1OCCCOc1cc3cc(C(=O)CCC(=O)O)sc3cc1OC)CN(C(=O)CCC(=O)OCC1=CCCC=C1)C2. The van der Waals surface area contributed by atoms with E-state index >= 15 is 0 Å². The van der Waals surface area contributed by atoms with Crippen molar-refractivity contribution >= 4 is 45.1 Å². The fraction of sp³-hybridized carbons (Fsp3) is 0.389. The number of carbonyl (C=O) groups excluding carboxylic acids is 3. The van der Waals surface area contributed by atoms with Crippen molar-refractivity contribution in [3.05, 3.63) is 70.1 Å². The van der Waals surface area contributed by atoms with Gasteiger partial charge in [-0.05, 0) is 59.2 Å². The van der Waals surface area contributed by atoms with E-state index in [1.54, 1.807) is 25.2 Å². The summed E-state index contributed by atoms with van der Waals surface area (Å²) in [5.41, 5.74) is 2.91. The molecule has 1 aromatic heterocycles. The zero-order valence-corrected chi connectivity index (χ0v) is 27.9. The van der Waals surface area contributed by atoms with Gasteiger partial charge in [0.05, 0.1) is 45.2 Å². The van der Waals surface area contributed by atoms with E-state index in [-0.39, 0.29) is 49.9 Å². The summed E-state index contributed by atoms with van der Waals surface area (Å²) in [5.74, 6) is 0.469. The number of hydrogen-bond acceptors (Lipinski definition) is 10. The molecule has 0 fully saturated rings. The number of amides is 1. The number of hydrogen-bond donors (Lipinski definition) is 1. The van der Waals surface area contributed by atoms with Crippen LogP contribution in [0.3, 0.4) is 0 Å². The molecule has 1 amide bonds. The third-order valence-corrected chi connectivity index (χ3v) is 9.16. The topological polar surface area (TPSA) is 138 Å². The minimum Gasteiger partial charge on any atom is -0.493 e. The van der Waals surface area contributed by atoms with Crippen molar-refractivity contribution < 1.29 is 48.0 Å². The van der Waals surface area contributed by atoms with E-state index in [0.29, 0.717) is 60.6 Å². The molecule has 1 N–H and O–H groups in total. The highest BCUT2D eigenvalue weighted by Gasteiger charge is 2.26. The number of carbonyl (C=O) groups is 4. The van der Waals surface area contributed by atoms with Gasteiger partial charge in [0.2, 0.25) is 5.91 Å². The highest BCUT2D eigenvalue weighted by molar-refractivity contribution is 7.20. The predicted molar refractivity (Wildman–Crippen MR) is 179 cm³/mol. The number of esters is 1. The predicted octanol–water partition coefficient (Wildman–Crippen LogP) is 6.26. The Morgan fingerprint density at radius 1 is 0.812 bits per heavy atom. The fourth-order valence-corrected chi connectivity index (χ4v) is 6.50. The van der Waals surface area contributed by atoms with Crippen LogP contribution in [-0.4, -0.2) is 67.7 Å². The van der Waals surface area contributed by atoms with Crippen LogP contribution in [0.4, 0.5) is 0 Å². The number of nitrogens with zero attached hydrogens (tertiary/aromatic N) is 1. The van der Waals surface area contributed by atoms with Gasteiger partial charge >= 0.3 is 11.9 Å². The number of rotatable bonds is 17. The summed E-state index contributed by atoms with van der Waals surface area (Å²) < 4.78 is 29.3. The normalized spacial score (nSPS) is 13.5. The highest BCUT2D eigenvalue weighted by Crippen LogP contribution is 2.38. The first-order valence-corrected chi connectivity index (χ1v) is 16.7. The number of carboxylic acids is 1. The molecule has 1 aliphatic carbocycles. The second-order valence-electron chi connectivity index (χ2n) is 11.5. The van der Waals surface area contributed by atoms with Crippen LogP contribution >= 0.6 is 11.3 Å². The van der Waals surface area contributed by atoms with Gasteiger partial charge in [-0.2, -0.15) is 0 Å². The van der Waals surface area contributed by atoms with Crippen LogP contribution in [0.1, 0.15) is 65.7 Å². The van der Waals surface area contributed by atoms with Crippen LogP contribution in [0.25, 0.3) is 10.1 Å². The molecule has 0 saturated carbocycles. The molecule has 0 bridgehead atoms. The quantitative estimate of drug-likeness (QED) is 0.0991. The lowest BCUT2D eigenvalue weighted by Crippen LogP contribution is -2.26. The third-order valence-electron chi connectivity index (χ3n) is 8.02. The molecule has 48 heavy (non-hydrogen) atoms. The Balaban J connectivity index is 1.09. The van der Waals surface area contributed by atoms with Gasteiger partial charge in [0, 0.05) is 43.1 Å². The lowest BCUT2D eigenvalue weighted by molar-refractivity contribution is -0.145. The third kappa shape index (κ3) is 8.94. The number of carboxylic acid groups (broad SMARTS) is 1. The van der Waals surface area contributed by atoms with Crippen LogP contribution < -0.4 is 18.9 Å². The molecule has 0 atom stereocenters. The molecule has 2 aromatic carbocycles. The Hall–Kier alpha value is -4.84. The van der Waals surface area contributed by atoms with Crippen LogP contribution in [0.5, 0.6) is 23.0 Å². The number of ketones is 1. The number of fused-ring (bicyclic) bond motifs is 2. The maximum atomic E-state index is 12.9. The van der Waals surface area contributed by atoms with Gasteiger partial charge in [0.25, 0.3) is 0 Å². The first-order chi connectivity index (χ1) is 23.2. The average molecular weight is 678 g/mol. The average Bonchev–Trinajstić information content (AvgIpc) is 3.71. The zero-order chi connectivity index (χ0) is 34.0. The molecule has 12 heteroatoms. The minimum absolute atomic E-state index is 0.0325. The zero-order valence-electron chi connectivity index (χ0n) is 27.1. The van der Waals surface area contributed by atoms with Crippen molar-refractivity contribution in [2.45, 2.75) is 58.0 Å². The molecule has 0 spiro atoms. The number of ether oxygens (including phenoxy) is 5. The standard InChI is InChI=1S/C36H39NO10S/c1-43-28-16-25-20-37(34(39)10-12-36(42)47-22-23-7-4-3-5-8-23)21-26(25)17-31(28)46-14-6-13-45-30-15-24-18-33(27(38)9-11-35(40)41)48-32(24)19-29(30)44-2/h4,7-8,15-19H,3,5-6,9-14,20-22H2,1-2H3,(H,40,41). The van der Waals surface area contributed by atoms with Crippen LogP contribution in [-0.2, 0) is 32.2 Å². The second-order valence-corrected chi connectivity index (χ2v) is 12.5. The van der Waals surface area contributed by atoms with Gasteiger partial charge in [-0.3, -0.25) is 19.2 Å². The maximum Gasteiger partial charge on any atom is 0.306 e. The van der Waals surface area contributed by atoms with E-state index in [9.17, 15) is 19.2 Å². The van der Waals surface area contributed by atoms with E-state index < -0.39 is 5.97 Å². The van der Waals surface area contributed by atoms with Crippen LogP contribution in [0.15, 0.2) is 54.1 Å². The molecular weight excluding hydrogens is 638 g/mol. The molecule has 0 saturated heterocycles. The van der Waals surface area contributed by atoms with Crippen molar-refractivity contribution in [2.24, 2.45) is 0 Å². The number of thiophene rings is 1. The largest absolute Gasteiger partial charge is 0.493 e. The molecule has 3 aromatic rings. The van der Waals surface area contributed by atoms with Gasteiger partial charge in [-0.1, -0.05) is 18.2 Å². The van der Waals surface area contributed by atoms with E-state index in [0.717, 1.165) is 39.6 Å². The molecule has 2 heterocycles. The molecule has 0 radical (unpaired) electrons.